The van der Waals surface area contributed by atoms with Crippen molar-refractivity contribution in [3.8, 4) is 5.75 Å². The number of methoxy groups -OCH3 is 1. The second-order valence-corrected chi connectivity index (χ2v) is 8.26. The quantitative estimate of drug-likeness (QED) is 0.601. The molecule has 1 heterocycles. The van der Waals surface area contributed by atoms with Gasteiger partial charge in [-0.05, 0) is 42.5 Å². The van der Waals surface area contributed by atoms with Crippen molar-refractivity contribution in [3.63, 3.8) is 0 Å². The van der Waals surface area contributed by atoms with Gasteiger partial charge in [-0.25, -0.2) is 12.4 Å². The summed E-state index contributed by atoms with van der Waals surface area (Å²) in [5.41, 5.74) is 0.572. The van der Waals surface area contributed by atoms with E-state index in [0.29, 0.717) is 11.3 Å². The van der Waals surface area contributed by atoms with Crippen LogP contribution in [-0.2, 0) is 10.0 Å². The van der Waals surface area contributed by atoms with Crippen LogP contribution in [0.1, 0.15) is 0 Å². The Hall–Kier alpha value is -1.31. The largest absolute Gasteiger partial charge is 0.494 e. The number of rotatable bonds is 3. The molecule has 0 N–H and O–H groups in total. The molecular formula is C15H11Br2NO3S. The predicted molar refractivity (Wildman–Crippen MR) is 92.9 cm³/mol. The first-order valence-corrected chi connectivity index (χ1v) is 9.32. The summed E-state index contributed by atoms with van der Waals surface area (Å²) in [4.78, 5) is 0.221. The molecule has 0 radical (unpaired) electrons. The lowest BCUT2D eigenvalue weighted by molar-refractivity contribution is 0.419. The van der Waals surface area contributed by atoms with E-state index in [9.17, 15) is 8.42 Å². The second kappa shape index (κ2) is 5.72. The molecule has 0 spiro atoms. The lowest BCUT2D eigenvalue weighted by Gasteiger charge is -2.07. The summed E-state index contributed by atoms with van der Waals surface area (Å²) >= 11 is 6.69. The van der Waals surface area contributed by atoms with Gasteiger partial charge in [0.15, 0.2) is 0 Å². The molecule has 0 aliphatic heterocycles. The van der Waals surface area contributed by atoms with E-state index in [1.165, 1.54) is 17.3 Å². The number of fused-ring (bicyclic) bond motifs is 1. The summed E-state index contributed by atoms with van der Waals surface area (Å²) in [5.74, 6) is 0.511. The highest BCUT2D eigenvalue weighted by molar-refractivity contribution is 9.10. The average Bonchev–Trinajstić information content (AvgIpc) is 2.86. The third kappa shape index (κ3) is 2.57. The lowest BCUT2D eigenvalue weighted by Crippen LogP contribution is -2.11. The Morgan fingerprint density at radius 1 is 1.00 bits per heavy atom. The van der Waals surface area contributed by atoms with E-state index >= 15 is 0 Å². The topological polar surface area (TPSA) is 48.3 Å². The van der Waals surface area contributed by atoms with Crippen LogP contribution in [0.25, 0.3) is 10.9 Å². The maximum Gasteiger partial charge on any atom is 0.268 e. The summed E-state index contributed by atoms with van der Waals surface area (Å²) < 4.78 is 33.9. The minimum absolute atomic E-state index is 0.221. The molecule has 4 nitrogen and oxygen atoms in total. The van der Waals surface area contributed by atoms with Crippen LogP contribution < -0.4 is 4.74 Å². The van der Waals surface area contributed by atoms with Crippen LogP contribution in [0, 0.1) is 0 Å². The van der Waals surface area contributed by atoms with E-state index in [1.807, 2.05) is 6.07 Å². The van der Waals surface area contributed by atoms with E-state index in [4.69, 9.17) is 4.74 Å². The predicted octanol–water partition coefficient (Wildman–Crippen LogP) is 4.41. The number of nitrogens with zero attached hydrogens (tertiary/aromatic N) is 1. The molecule has 0 aliphatic carbocycles. The highest BCUT2D eigenvalue weighted by atomic mass is 79.9. The summed E-state index contributed by atoms with van der Waals surface area (Å²) in [7, 11) is -2.16. The molecule has 3 aromatic rings. The van der Waals surface area contributed by atoms with Crippen LogP contribution in [0.5, 0.6) is 5.75 Å². The standard InChI is InChI=1S/C15H11Br2NO3S/c1-21-15-9-18(14-7-4-11(17)8-13(14)15)22(19,20)12-5-2-10(16)3-6-12/h2-9H,1H3. The Balaban J connectivity index is 2.27. The molecule has 22 heavy (non-hydrogen) atoms. The normalized spacial score (nSPS) is 11.8. The summed E-state index contributed by atoms with van der Waals surface area (Å²) in [5, 5.41) is 0.734. The van der Waals surface area contributed by atoms with Crippen LogP contribution in [-0.4, -0.2) is 19.5 Å². The van der Waals surface area contributed by atoms with Crippen LogP contribution in [0.2, 0.25) is 0 Å². The van der Waals surface area contributed by atoms with Gasteiger partial charge in [-0.1, -0.05) is 31.9 Å². The molecule has 0 bridgehead atoms. The number of halogens is 2. The summed E-state index contributed by atoms with van der Waals surface area (Å²) in [6.07, 6.45) is 1.49. The van der Waals surface area contributed by atoms with Gasteiger partial charge in [0.25, 0.3) is 10.0 Å². The van der Waals surface area contributed by atoms with Crippen molar-refractivity contribution < 1.29 is 13.2 Å². The maximum absolute atomic E-state index is 12.9. The Bertz CT molecular complexity index is 947. The number of aromatic nitrogens is 1. The second-order valence-electron chi connectivity index (χ2n) is 4.61. The van der Waals surface area contributed by atoms with Crippen LogP contribution in [0.15, 0.2) is 62.5 Å². The van der Waals surface area contributed by atoms with Crippen molar-refractivity contribution >= 4 is 52.8 Å². The zero-order valence-electron chi connectivity index (χ0n) is 11.5. The minimum Gasteiger partial charge on any atom is -0.494 e. The number of hydrogen-bond donors (Lipinski definition) is 0. The van der Waals surface area contributed by atoms with Crippen molar-refractivity contribution in [1.82, 2.24) is 3.97 Å². The first-order valence-electron chi connectivity index (χ1n) is 6.29. The van der Waals surface area contributed by atoms with E-state index in [0.717, 1.165) is 14.3 Å². The van der Waals surface area contributed by atoms with Crippen molar-refractivity contribution in [2.24, 2.45) is 0 Å². The molecule has 2 aromatic carbocycles. The Morgan fingerprint density at radius 2 is 1.64 bits per heavy atom. The summed E-state index contributed by atoms with van der Waals surface area (Å²) in [6.45, 7) is 0. The first kappa shape index (κ1) is 15.6. The highest BCUT2D eigenvalue weighted by Gasteiger charge is 2.21. The Morgan fingerprint density at radius 3 is 2.27 bits per heavy atom. The fraction of sp³-hybridized carbons (Fsp3) is 0.0667. The molecular weight excluding hydrogens is 434 g/mol. The van der Waals surface area contributed by atoms with E-state index in [-0.39, 0.29) is 4.90 Å². The third-order valence-corrected chi connectivity index (χ3v) is 6.00. The maximum atomic E-state index is 12.9. The molecule has 0 fully saturated rings. The fourth-order valence-corrected chi connectivity index (χ4v) is 4.21. The van der Waals surface area contributed by atoms with Crippen LogP contribution >= 0.6 is 31.9 Å². The fourth-order valence-electron chi connectivity index (χ4n) is 2.23. The van der Waals surface area contributed by atoms with Gasteiger partial charge in [-0.2, -0.15) is 0 Å². The molecule has 0 amide bonds. The molecule has 0 aliphatic rings. The van der Waals surface area contributed by atoms with Gasteiger partial charge in [0.05, 0.1) is 23.7 Å². The van der Waals surface area contributed by atoms with Crippen LogP contribution in [0.4, 0.5) is 0 Å². The number of benzene rings is 2. The smallest absolute Gasteiger partial charge is 0.268 e. The Labute approximate surface area is 145 Å². The monoisotopic (exact) mass is 443 g/mol. The van der Waals surface area contributed by atoms with Gasteiger partial charge < -0.3 is 4.74 Å². The van der Waals surface area contributed by atoms with Gasteiger partial charge in [0.2, 0.25) is 0 Å². The van der Waals surface area contributed by atoms with Gasteiger partial charge in [0.1, 0.15) is 5.75 Å². The molecule has 0 saturated heterocycles. The van der Waals surface area contributed by atoms with Crippen molar-refractivity contribution in [3.05, 3.63) is 57.6 Å². The number of ether oxygens (including phenoxy) is 1. The molecule has 0 saturated carbocycles. The summed E-state index contributed by atoms with van der Waals surface area (Å²) in [6, 6.07) is 11.9. The van der Waals surface area contributed by atoms with E-state index < -0.39 is 10.0 Å². The minimum atomic E-state index is -3.68. The highest BCUT2D eigenvalue weighted by Crippen LogP contribution is 2.33. The number of hydrogen-bond acceptors (Lipinski definition) is 3. The van der Waals surface area contributed by atoms with E-state index in [2.05, 4.69) is 31.9 Å². The molecule has 0 atom stereocenters. The SMILES string of the molecule is COc1cn(S(=O)(=O)c2ccc(Br)cc2)c2ccc(Br)cc12. The van der Waals surface area contributed by atoms with Gasteiger partial charge in [-0.15, -0.1) is 0 Å². The van der Waals surface area contributed by atoms with Gasteiger partial charge in [-0.3, -0.25) is 0 Å². The zero-order chi connectivity index (χ0) is 15.9. The van der Waals surface area contributed by atoms with Crippen molar-refractivity contribution in [2.45, 2.75) is 4.90 Å². The zero-order valence-corrected chi connectivity index (χ0v) is 15.4. The average molecular weight is 445 g/mol. The molecule has 1 aromatic heterocycles. The van der Waals surface area contributed by atoms with Gasteiger partial charge in [0, 0.05) is 14.3 Å². The molecule has 114 valence electrons. The van der Waals surface area contributed by atoms with E-state index in [1.54, 1.807) is 36.4 Å². The van der Waals surface area contributed by atoms with Crippen molar-refractivity contribution in [2.75, 3.05) is 7.11 Å². The molecule has 7 heteroatoms. The third-order valence-electron chi connectivity index (χ3n) is 3.29. The molecule has 0 unspecified atom stereocenters. The Kier molecular flexibility index (Phi) is 4.05. The first-order chi connectivity index (χ1) is 10.4. The van der Waals surface area contributed by atoms with Crippen LogP contribution in [0.3, 0.4) is 0 Å². The van der Waals surface area contributed by atoms with Gasteiger partial charge >= 0.3 is 0 Å². The molecule has 3 rings (SSSR count). The van der Waals surface area contributed by atoms with Crippen molar-refractivity contribution in [1.29, 1.82) is 0 Å². The lowest BCUT2D eigenvalue weighted by atomic mass is 10.2.